The first kappa shape index (κ1) is 22.1. The van der Waals surface area contributed by atoms with Gasteiger partial charge in [0.05, 0.1) is 24.9 Å². The first-order valence-corrected chi connectivity index (χ1v) is 12.6. The van der Waals surface area contributed by atoms with Crippen molar-refractivity contribution < 1.29 is 0 Å². The molecule has 1 aromatic heterocycles. The van der Waals surface area contributed by atoms with E-state index in [-0.39, 0.29) is 0 Å². The van der Waals surface area contributed by atoms with E-state index in [9.17, 15) is 0 Å². The highest BCUT2D eigenvalue weighted by Gasteiger charge is 2.82. The second-order valence-corrected chi connectivity index (χ2v) is 18.7. The van der Waals surface area contributed by atoms with Crippen LogP contribution in [0.25, 0.3) is 0 Å². The molecule has 0 radical (unpaired) electrons. The van der Waals surface area contributed by atoms with Crippen LogP contribution in [0, 0.1) is 0 Å². The van der Waals surface area contributed by atoms with Crippen LogP contribution < -0.4 is 0 Å². The first-order valence-electron chi connectivity index (χ1n) is 6.27. The van der Waals surface area contributed by atoms with Gasteiger partial charge in [-0.05, 0) is 32.1 Å². The summed E-state index contributed by atoms with van der Waals surface area (Å²) in [6.07, 6.45) is 1.63. The zero-order valence-corrected chi connectivity index (χ0v) is 24.7. The van der Waals surface area contributed by atoms with Crippen LogP contribution in [0.3, 0.4) is 0 Å². The molecule has 4 unspecified atom stereocenters. The first-order chi connectivity index (χ1) is 10.1. The Morgan fingerprint density at radius 1 is 0.739 bits per heavy atom. The van der Waals surface area contributed by atoms with E-state index in [1.54, 1.807) is 6.20 Å². The van der Waals surface area contributed by atoms with Gasteiger partial charge in [-0.3, -0.25) is 0 Å². The number of nitrogens with zero attached hydrogens (tertiary/aromatic N) is 3. The minimum atomic E-state index is -0.735. The molecule has 130 valence electrons. The molecule has 2 rings (SSSR count). The third kappa shape index (κ3) is 2.58. The molecule has 0 aliphatic heterocycles. The summed E-state index contributed by atoms with van der Waals surface area (Å²) in [7, 11) is 0. The number of halogens is 8. The molecular weight excluding hydrogens is 825 g/mol. The fourth-order valence-corrected chi connectivity index (χ4v) is 11.8. The summed E-state index contributed by atoms with van der Waals surface area (Å²) >= 11 is 31.3. The molecule has 0 amide bonds. The van der Waals surface area contributed by atoms with Crippen molar-refractivity contribution in [1.29, 1.82) is 0 Å². The predicted octanol–water partition coefficient (Wildman–Crippen LogP) is 6.91. The third-order valence-electron chi connectivity index (χ3n) is 4.68. The number of rotatable bonds is 1. The molecule has 0 bridgehead atoms. The van der Waals surface area contributed by atoms with Crippen LogP contribution in [-0.4, -0.2) is 34.9 Å². The van der Waals surface area contributed by atoms with E-state index in [2.05, 4.69) is 164 Å². The maximum atomic E-state index is 4.27. The molecule has 1 fully saturated rings. The maximum absolute atomic E-state index is 4.27. The normalized spacial score (nSPS) is 45.7. The lowest BCUT2D eigenvalue weighted by Gasteiger charge is -2.68. The van der Waals surface area contributed by atoms with Crippen LogP contribution >= 0.6 is 127 Å². The minimum absolute atomic E-state index is 0.445. The van der Waals surface area contributed by atoms with Crippen LogP contribution in [0.4, 0.5) is 0 Å². The van der Waals surface area contributed by atoms with Gasteiger partial charge in [-0.25, -0.2) is 0 Å². The van der Waals surface area contributed by atoms with Crippen molar-refractivity contribution in [3.05, 3.63) is 18.0 Å². The van der Waals surface area contributed by atoms with Crippen molar-refractivity contribution in [3.8, 4) is 0 Å². The molecule has 1 heterocycles. The smallest absolute Gasteiger partial charge is 0.129 e. The van der Waals surface area contributed by atoms with Gasteiger partial charge in [0, 0.05) is 0 Å². The lowest BCUT2D eigenvalue weighted by molar-refractivity contribution is 0.247. The Bertz CT molecular complexity index is 584. The van der Waals surface area contributed by atoms with E-state index in [1.165, 1.54) is 0 Å². The Labute approximate surface area is 202 Å². The van der Waals surface area contributed by atoms with E-state index in [0.717, 1.165) is 5.69 Å². The summed E-state index contributed by atoms with van der Waals surface area (Å²) in [6.45, 7) is 6.32. The van der Waals surface area contributed by atoms with Gasteiger partial charge >= 0.3 is 0 Å². The number of hydrogen-bond acceptors (Lipinski definition) is 3. The standard InChI is InChI=1S/C12H11Br8N3/c1-7(13)8(2,14)10(16,6-4-5-21-23-22-6)12(19,20)11(17,18)9(7,3)15/h4-5H,1-3H3. The van der Waals surface area contributed by atoms with Gasteiger partial charge < -0.3 is 0 Å². The molecule has 4 atom stereocenters. The highest BCUT2D eigenvalue weighted by Crippen LogP contribution is 2.79. The molecule has 1 aliphatic carbocycles. The highest BCUT2D eigenvalue weighted by atomic mass is 79.9. The van der Waals surface area contributed by atoms with Crippen LogP contribution in [0.1, 0.15) is 26.5 Å². The largest absolute Gasteiger partial charge is 0.139 e. The minimum Gasteiger partial charge on any atom is -0.139 e. The summed E-state index contributed by atoms with van der Waals surface area (Å²) < 4.78 is -3.52. The molecule has 0 N–H and O–H groups in total. The summed E-state index contributed by atoms with van der Waals surface area (Å²) in [5, 5.41) is 11.9. The van der Waals surface area contributed by atoms with Gasteiger partial charge in [-0.2, -0.15) is 0 Å². The molecule has 0 saturated heterocycles. The number of aromatic nitrogens is 3. The van der Waals surface area contributed by atoms with E-state index >= 15 is 0 Å². The Balaban J connectivity index is 2.91. The average Bonchev–Trinajstić information content (AvgIpc) is 2.45. The van der Waals surface area contributed by atoms with Crippen LogP contribution in [0.2, 0.25) is 0 Å². The quantitative estimate of drug-likeness (QED) is 0.289. The molecule has 1 aromatic rings. The molecule has 0 aromatic carbocycles. The van der Waals surface area contributed by atoms with Crippen molar-refractivity contribution in [3.63, 3.8) is 0 Å². The topological polar surface area (TPSA) is 38.7 Å². The highest BCUT2D eigenvalue weighted by molar-refractivity contribution is 9.31. The van der Waals surface area contributed by atoms with Crippen LogP contribution in [0.5, 0.6) is 0 Å². The van der Waals surface area contributed by atoms with Gasteiger partial charge in [0.25, 0.3) is 0 Å². The SMILES string of the molecule is CC1(Br)C(C)(Br)C(Br)(Br)C(Br)(Br)C(Br)(c2ccnnn2)C1(C)Br. The molecule has 1 aliphatic rings. The summed E-state index contributed by atoms with van der Waals surface area (Å²) in [4.78, 5) is 0. The molecule has 23 heavy (non-hydrogen) atoms. The van der Waals surface area contributed by atoms with Gasteiger partial charge in [0.2, 0.25) is 0 Å². The van der Waals surface area contributed by atoms with Crippen LogP contribution in [0.15, 0.2) is 12.3 Å². The second kappa shape index (κ2) is 6.44. The summed E-state index contributed by atoms with van der Waals surface area (Å²) in [6, 6.07) is 1.84. The lowest BCUT2D eigenvalue weighted by atomic mass is 9.66. The molecule has 1 saturated carbocycles. The van der Waals surface area contributed by atoms with Gasteiger partial charge in [-0.15, -0.1) is 10.2 Å². The molecular formula is C12H11Br8N3. The summed E-state index contributed by atoms with van der Waals surface area (Å²) in [5.74, 6) is 0. The van der Waals surface area contributed by atoms with E-state index in [4.69, 9.17) is 0 Å². The van der Waals surface area contributed by atoms with E-state index in [0.29, 0.717) is 0 Å². The average molecular weight is 836 g/mol. The zero-order valence-electron chi connectivity index (χ0n) is 12.0. The van der Waals surface area contributed by atoms with Crippen molar-refractivity contribution >= 4 is 127 Å². The van der Waals surface area contributed by atoms with Crippen LogP contribution in [-0.2, 0) is 4.32 Å². The van der Waals surface area contributed by atoms with Crippen molar-refractivity contribution in [2.24, 2.45) is 0 Å². The Kier molecular flexibility index (Phi) is 6.20. The lowest BCUT2D eigenvalue weighted by Crippen LogP contribution is -2.79. The fourth-order valence-electron chi connectivity index (χ4n) is 2.69. The summed E-state index contributed by atoms with van der Waals surface area (Å²) in [5.41, 5.74) is 0.720. The van der Waals surface area contributed by atoms with Crippen molar-refractivity contribution in [2.75, 3.05) is 0 Å². The maximum Gasteiger partial charge on any atom is 0.129 e. The Morgan fingerprint density at radius 2 is 1.26 bits per heavy atom. The Morgan fingerprint density at radius 3 is 1.70 bits per heavy atom. The van der Waals surface area contributed by atoms with E-state index in [1.807, 2.05) is 6.07 Å². The Hall–Kier alpha value is 2.85. The fraction of sp³-hybridized carbons (Fsp3) is 0.750. The van der Waals surface area contributed by atoms with Crippen molar-refractivity contribution in [1.82, 2.24) is 15.4 Å². The van der Waals surface area contributed by atoms with Gasteiger partial charge in [0.15, 0.2) is 0 Å². The number of hydrogen-bond donors (Lipinski definition) is 0. The monoisotopic (exact) mass is 828 g/mol. The van der Waals surface area contributed by atoms with Gasteiger partial charge in [-0.1, -0.05) is 127 Å². The van der Waals surface area contributed by atoms with E-state index < -0.39 is 23.8 Å². The second-order valence-electron chi connectivity index (χ2n) is 5.82. The molecule has 11 heteroatoms. The predicted molar refractivity (Wildman–Crippen MR) is 124 cm³/mol. The third-order valence-corrected chi connectivity index (χ3v) is 21.8. The molecule has 0 spiro atoms. The zero-order chi connectivity index (χ0) is 18.1. The van der Waals surface area contributed by atoms with Crippen molar-refractivity contribution in [2.45, 2.75) is 44.5 Å². The molecule has 3 nitrogen and oxygen atoms in total. The number of alkyl halides is 8. The van der Waals surface area contributed by atoms with Gasteiger partial charge in [0.1, 0.15) is 10.8 Å².